The molecule has 0 heterocycles. The third-order valence-corrected chi connectivity index (χ3v) is 3.26. The van der Waals surface area contributed by atoms with Gasteiger partial charge in [0.1, 0.15) is 0 Å². The number of hydrogen-bond donors (Lipinski definition) is 0. The molecule has 2 aliphatic carbocycles. The van der Waals surface area contributed by atoms with Crippen LogP contribution < -0.4 is 0 Å². The van der Waals surface area contributed by atoms with Crippen LogP contribution in [0.5, 0.6) is 0 Å². The van der Waals surface area contributed by atoms with E-state index < -0.39 is 0 Å². The quantitative estimate of drug-likeness (QED) is 0.579. The third-order valence-electron chi connectivity index (χ3n) is 3.26. The van der Waals surface area contributed by atoms with Gasteiger partial charge in [-0.25, -0.2) is 0 Å². The number of hydrogen-bond acceptors (Lipinski definition) is 2. The van der Waals surface area contributed by atoms with Crippen molar-refractivity contribution in [3.05, 3.63) is 72.8 Å². The third kappa shape index (κ3) is 2.24. The van der Waals surface area contributed by atoms with E-state index in [1.807, 2.05) is 0 Å². The Morgan fingerprint density at radius 1 is 0.450 bits per heavy atom. The van der Waals surface area contributed by atoms with E-state index in [9.17, 15) is 9.59 Å². The van der Waals surface area contributed by atoms with Gasteiger partial charge in [0.2, 0.25) is 0 Å². The fraction of sp³-hybridized carbons (Fsp3) is 0. The van der Waals surface area contributed by atoms with Gasteiger partial charge in [0.05, 0.1) is 0 Å². The smallest absolute Gasteiger partial charge is 0.178 e. The molecule has 2 aromatic rings. The molecule has 20 heavy (non-hydrogen) atoms. The molecule has 0 aliphatic heterocycles. The lowest BCUT2D eigenvalue weighted by Gasteiger charge is -2.22. The van der Waals surface area contributed by atoms with Gasteiger partial charge in [-0.2, -0.15) is 0 Å². The largest absolute Gasteiger partial charge is 0.290 e. The number of carbonyl (C=O) groups is 2. The zero-order valence-electron chi connectivity index (χ0n) is 10.7. The van der Waals surface area contributed by atoms with E-state index in [0.29, 0.717) is 0 Å². The van der Waals surface area contributed by atoms with E-state index in [1.54, 1.807) is 0 Å². The molecule has 2 aliphatic rings. The van der Waals surface area contributed by atoms with Crippen LogP contribution in [0.2, 0.25) is 0 Å². The molecule has 4 rings (SSSR count). The van der Waals surface area contributed by atoms with Crippen molar-refractivity contribution in [2.45, 2.75) is 0 Å². The number of benzene rings is 2. The van der Waals surface area contributed by atoms with Crippen LogP contribution in [0.4, 0.5) is 0 Å². The zero-order valence-corrected chi connectivity index (χ0v) is 10.7. The summed E-state index contributed by atoms with van der Waals surface area (Å²) < 4.78 is 0. The topological polar surface area (TPSA) is 34.1 Å². The van der Waals surface area contributed by atoms with Crippen molar-refractivity contribution in [1.29, 1.82) is 0 Å². The fourth-order valence-electron chi connectivity index (χ4n) is 2.28. The Labute approximate surface area is 117 Å². The summed E-state index contributed by atoms with van der Waals surface area (Å²) in [4.78, 5) is 20.6. The van der Waals surface area contributed by atoms with Crippen molar-refractivity contribution in [1.82, 2.24) is 0 Å². The van der Waals surface area contributed by atoms with Gasteiger partial charge < -0.3 is 0 Å². The maximum Gasteiger partial charge on any atom is 0.178 e. The molecule has 0 aromatic heterocycles. The molecule has 0 amide bonds. The average molecular weight is 260 g/mol. The van der Waals surface area contributed by atoms with Crippen LogP contribution in [0, 0.1) is 0 Å². The normalized spacial score (nSPS) is 13.8. The second-order valence-electron chi connectivity index (χ2n) is 4.56. The lowest BCUT2D eigenvalue weighted by atomic mass is 9.81. The molecule has 0 spiro atoms. The highest BCUT2D eigenvalue weighted by Gasteiger charge is 2.19. The average Bonchev–Trinajstić information content (AvgIpc) is 2.48. The molecule has 0 N–H and O–H groups in total. The van der Waals surface area contributed by atoms with Gasteiger partial charge in [-0.1, -0.05) is 48.5 Å². The van der Waals surface area contributed by atoms with Crippen molar-refractivity contribution in [3.63, 3.8) is 0 Å². The Morgan fingerprint density at radius 2 is 0.700 bits per heavy atom. The Morgan fingerprint density at radius 3 is 0.950 bits per heavy atom. The van der Waals surface area contributed by atoms with Crippen molar-refractivity contribution in [2.75, 3.05) is 0 Å². The van der Waals surface area contributed by atoms with Gasteiger partial charge in [0.15, 0.2) is 11.6 Å². The highest BCUT2D eigenvalue weighted by atomic mass is 16.1. The van der Waals surface area contributed by atoms with Gasteiger partial charge in [-0.05, 0) is 46.6 Å². The van der Waals surface area contributed by atoms with Gasteiger partial charge in [0, 0.05) is 0 Å². The molecular formula is C18H12O2. The maximum absolute atomic E-state index is 10.3. The first-order chi connectivity index (χ1) is 9.75. The number of ketones is 2. The van der Waals surface area contributed by atoms with Crippen LogP contribution >= 0.6 is 0 Å². The van der Waals surface area contributed by atoms with E-state index in [0.717, 1.165) is 0 Å². The number of carbonyl (C=O) groups excluding carboxylic acids is 2. The first-order valence-corrected chi connectivity index (χ1v) is 6.38. The summed E-state index contributed by atoms with van der Waals surface area (Å²) in [5.74, 6) is -0.241. The van der Waals surface area contributed by atoms with E-state index in [1.165, 1.54) is 46.6 Å². The number of allylic oxidation sites excluding steroid dienone is 4. The minimum atomic E-state index is -0.121. The summed E-state index contributed by atoms with van der Waals surface area (Å²) in [6.07, 6.45) is 5.01. The predicted octanol–water partition coefficient (Wildman–Crippen LogP) is 3.58. The second-order valence-corrected chi connectivity index (χ2v) is 4.56. The minimum absolute atomic E-state index is 0.121. The van der Waals surface area contributed by atoms with Crippen LogP contribution in [0.25, 0.3) is 22.3 Å². The summed E-state index contributed by atoms with van der Waals surface area (Å²) in [6.45, 7) is 0. The van der Waals surface area contributed by atoms with E-state index >= 15 is 0 Å². The summed E-state index contributed by atoms with van der Waals surface area (Å²) in [7, 11) is 0. The van der Waals surface area contributed by atoms with Crippen LogP contribution in [0.3, 0.4) is 0 Å². The van der Waals surface area contributed by atoms with Gasteiger partial charge in [0.25, 0.3) is 0 Å². The Bertz CT molecular complexity index is 613. The van der Waals surface area contributed by atoms with Crippen molar-refractivity contribution < 1.29 is 9.59 Å². The summed E-state index contributed by atoms with van der Waals surface area (Å²) in [6, 6.07) is 17.1. The molecule has 0 fully saturated rings. The molecule has 0 atom stereocenters. The molecule has 2 nitrogen and oxygen atoms in total. The van der Waals surface area contributed by atoms with Gasteiger partial charge in [-0.15, -0.1) is 0 Å². The van der Waals surface area contributed by atoms with Crippen LogP contribution in [0.1, 0.15) is 0 Å². The summed E-state index contributed by atoms with van der Waals surface area (Å²) in [5.41, 5.74) is 5.59. The standard InChI is InChI=1S/C12H8.C6H4O2/c1-2-6-10-9(5-1)11-7-3-4-8-12(10)11;7-5-1-2-6(8)4-3-5/h1-8H;1-4H. The first kappa shape index (κ1) is 12.3. The lowest BCUT2D eigenvalue weighted by Crippen LogP contribution is -1.97. The number of rotatable bonds is 0. The van der Waals surface area contributed by atoms with Crippen molar-refractivity contribution in [2.24, 2.45) is 0 Å². The molecule has 0 radical (unpaired) electrons. The summed E-state index contributed by atoms with van der Waals surface area (Å²) >= 11 is 0. The second kappa shape index (κ2) is 5.10. The molecule has 2 aromatic carbocycles. The molecule has 0 bridgehead atoms. The monoisotopic (exact) mass is 260 g/mol. The van der Waals surface area contributed by atoms with Gasteiger partial charge in [-0.3, -0.25) is 9.59 Å². The Hall–Kier alpha value is -2.74. The zero-order chi connectivity index (χ0) is 13.9. The molecule has 0 unspecified atom stereocenters. The predicted molar refractivity (Wildman–Crippen MR) is 79.2 cm³/mol. The van der Waals surface area contributed by atoms with Crippen molar-refractivity contribution >= 4 is 11.6 Å². The van der Waals surface area contributed by atoms with Gasteiger partial charge >= 0.3 is 0 Å². The minimum Gasteiger partial charge on any atom is -0.290 e. The van der Waals surface area contributed by atoms with E-state index in [-0.39, 0.29) is 11.6 Å². The van der Waals surface area contributed by atoms with Crippen molar-refractivity contribution in [3.8, 4) is 22.3 Å². The van der Waals surface area contributed by atoms with Crippen LogP contribution in [-0.4, -0.2) is 11.6 Å². The molecule has 0 saturated carbocycles. The molecule has 0 saturated heterocycles. The Balaban J connectivity index is 0.000000133. The van der Waals surface area contributed by atoms with E-state index in [4.69, 9.17) is 0 Å². The summed E-state index contributed by atoms with van der Waals surface area (Å²) in [5, 5.41) is 0. The molecular weight excluding hydrogens is 248 g/mol. The van der Waals surface area contributed by atoms with E-state index in [2.05, 4.69) is 48.5 Å². The fourth-order valence-corrected chi connectivity index (χ4v) is 2.28. The molecule has 2 heteroatoms. The Kier molecular flexibility index (Phi) is 3.13. The SMILES string of the molecule is O=C1C=CC(=O)C=C1.c1ccc2c(c1)-c1ccccc1-2. The highest BCUT2D eigenvalue weighted by molar-refractivity contribution is 6.14. The number of fused-ring (bicyclic) bond motifs is 4. The lowest BCUT2D eigenvalue weighted by molar-refractivity contribution is -0.113. The van der Waals surface area contributed by atoms with Crippen LogP contribution in [0.15, 0.2) is 72.8 Å². The van der Waals surface area contributed by atoms with Crippen LogP contribution in [-0.2, 0) is 9.59 Å². The first-order valence-electron chi connectivity index (χ1n) is 6.38. The highest BCUT2D eigenvalue weighted by Crippen LogP contribution is 2.46. The maximum atomic E-state index is 10.3. The molecule has 96 valence electrons.